The maximum Gasteiger partial charge on any atom is 0.336 e. The van der Waals surface area contributed by atoms with E-state index in [1.807, 2.05) is 0 Å². The molecular formula is C10H10F2N8O3. The van der Waals surface area contributed by atoms with Crippen LogP contribution in [0.2, 0.25) is 0 Å². The summed E-state index contributed by atoms with van der Waals surface area (Å²) in [5.74, 6) is -6.31. The molecule has 4 N–H and O–H groups in total. The molecule has 0 fully saturated rings. The number of imidazole rings is 1. The lowest BCUT2D eigenvalue weighted by Crippen LogP contribution is -2.50. The van der Waals surface area contributed by atoms with Gasteiger partial charge in [-0.2, -0.15) is 8.78 Å². The molecule has 0 saturated heterocycles. The average molecular weight is 328 g/mol. The van der Waals surface area contributed by atoms with E-state index in [2.05, 4.69) is 25.0 Å². The second kappa shape index (κ2) is 6.08. The van der Waals surface area contributed by atoms with Crippen molar-refractivity contribution < 1.29 is 23.8 Å². The van der Waals surface area contributed by atoms with E-state index < -0.39 is 30.6 Å². The number of hydrogen-bond donors (Lipinski definition) is 3. The van der Waals surface area contributed by atoms with E-state index in [0.29, 0.717) is 4.57 Å². The molecule has 0 amide bonds. The third-order valence-electron chi connectivity index (χ3n) is 2.96. The minimum Gasteiger partial charge on any atom is -0.394 e. The summed E-state index contributed by atoms with van der Waals surface area (Å²) in [7, 11) is 0. The van der Waals surface area contributed by atoms with Gasteiger partial charge in [-0.25, -0.2) is 19.5 Å². The van der Waals surface area contributed by atoms with Crippen LogP contribution in [0.15, 0.2) is 17.8 Å². The first-order chi connectivity index (χ1) is 10.8. The Morgan fingerprint density at radius 3 is 2.83 bits per heavy atom. The van der Waals surface area contributed by atoms with Crippen LogP contribution in [0.25, 0.3) is 21.6 Å². The Kier molecular flexibility index (Phi) is 4.36. The van der Waals surface area contributed by atoms with E-state index in [-0.39, 0.29) is 17.0 Å². The number of aliphatic hydroxyl groups is 2. The molecule has 0 spiro atoms. The fraction of sp³-hybridized carbons (Fsp3) is 0.400. The van der Waals surface area contributed by atoms with Crippen molar-refractivity contribution in [1.82, 2.24) is 19.5 Å². The van der Waals surface area contributed by atoms with E-state index >= 15 is 0 Å². The lowest BCUT2D eigenvalue weighted by Gasteiger charge is -2.24. The number of nitrogens with two attached hydrogens (primary N) is 1. The molecule has 0 radical (unpaired) electrons. The molecule has 11 nitrogen and oxygen atoms in total. The molecule has 0 bridgehead atoms. The predicted octanol–water partition coefficient (Wildman–Crippen LogP) is -0.284. The van der Waals surface area contributed by atoms with Crippen LogP contribution in [0.5, 0.6) is 0 Å². The summed E-state index contributed by atoms with van der Waals surface area (Å²) < 4.78 is 29.0. The molecule has 2 atom stereocenters. The highest BCUT2D eigenvalue weighted by Crippen LogP contribution is 2.28. The van der Waals surface area contributed by atoms with Crippen LogP contribution in [0.4, 0.5) is 14.6 Å². The zero-order valence-corrected chi connectivity index (χ0v) is 11.3. The summed E-state index contributed by atoms with van der Waals surface area (Å²) in [5.41, 5.74) is 13.5. The number of fused-ring (bicyclic) bond motifs is 1. The highest BCUT2D eigenvalue weighted by Gasteiger charge is 2.51. The summed E-state index contributed by atoms with van der Waals surface area (Å²) in [6.07, 6.45) is -0.432. The van der Waals surface area contributed by atoms with Gasteiger partial charge in [-0.05, 0) is 5.53 Å². The van der Waals surface area contributed by atoms with E-state index in [1.165, 1.54) is 0 Å². The summed E-state index contributed by atoms with van der Waals surface area (Å²) in [6.45, 7) is -1.13. The van der Waals surface area contributed by atoms with Gasteiger partial charge in [-0.15, -0.1) is 0 Å². The molecule has 13 heteroatoms. The third-order valence-corrected chi connectivity index (χ3v) is 2.96. The van der Waals surface area contributed by atoms with Gasteiger partial charge in [0.25, 0.3) is 0 Å². The molecule has 0 aromatic carbocycles. The lowest BCUT2D eigenvalue weighted by atomic mass is 10.0. The smallest absolute Gasteiger partial charge is 0.336 e. The number of alkyl halides is 2. The molecule has 122 valence electrons. The number of anilines is 1. The molecule has 0 aliphatic rings. The Hall–Kier alpha value is -2.89. The minimum absolute atomic E-state index is 0.0697. The number of carbonyl (C=O) groups is 1. The molecule has 2 aromatic heterocycles. The summed E-state index contributed by atoms with van der Waals surface area (Å²) in [6, 6.07) is -2.51. The van der Waals surface area contributed by atoms with E-state index in [1.54, 1.807) is 0 Å². The SMILES string of the molecule is [N-]=[N+]=NC(C(O)CO)C(F)(F)C(=O)n1cnc2c(N)ncnc21. The van der Waals surface area contributed by atoms with Gasteiger partial charge in [-0.1, -0.05) is 5.11 Å². The van der Waals surface area contributed by atoms with Crippen LogP contribution in [0, 0.1) is 0 Å². The average Bonchev–Trinajstić information content (AvgIpc) is 2.96. The second-order valence-corrected chi connectivity index (χ2v) is 4.37. The number of rotatable bonds is 5. The topological polar surface area (TPSA) is 176 Å². The van der Waals surface area contributed by atoms with Crippen molar-refractivity contribution in [2.45, 2.75) is 18.1 Å². The highest BCUT2D eigenvalue weighted by molar-refractivity contribution is 5.95. The second-order valence-electron chi connectivity index (χ2n) is 4.37. The number of hydrogen-bond acceptors (Lipinski definition) is 8. The Labute approximate surface area is 126 Å². The van der Waals surface area contributed by atoms with E-state index in [9.17, 15) is 18.7 Å². The number of nitrogens with zero attached hydrogens (tertiary/aromatic N) is 7. The maximum absolute atomic E-state index is 14.3. The molecule has 0 saturated carbocycles. The Bertz CT molecular complexity index is 788. The van der Waals surface area contributed by atoms with Crippen molar-refractivity contribution in [1.29, 1.82) is 0 Å². The van der Waals surface area contributed by atoms with Crippen molar-refractivity contribution in [3.05, 3.63) is 23.1 Å². The normalized spacial score (nSPS) is 14.3. The van der Waals surface area contributed by atoms with Gasteiger partial charge in [0.1, 0.15) is 18.7 Å². The monoisotopic (exact) mass is 328 g/mol. The van der Waals surface area contributed by atoms with Crippen molar-refractivity contribution in [2.24, 2.45) is 5.11 Å². The first-order valence-corrected chi connectivity index (χ1v) is 6.03. The van der Waals surface area contributed by atoms with E-state index in [0.717, 1.165) is 12.7 Å². The first-order valence-electron chi connectivity index (χ1n) is 6.03. The van der Waals surface area contributed by atoms with Crippen LogP contribution < -0.4 is 5.73 Å². The first kappa shape index (κ1) is 16.5. The maximum atomic E-state index is 14.3. The standard InChI is InChI=1S/C10H10F2N8O3/c11-10(12,6(18-19-14)4(22)1-21)9(23)20-3-17-5-7(13)15-2-16-8(5)20/h2-4,6,21-22H,1H2,(H2,13,15,16). The Morgan fingerprint density at radius 1 is 1.52 bits per heavy atom. The number of aliphatic hydroxyl groups excluding tert-OH is 2. The number of aromatic nitrogens is 4. The largest absolute Gasteiger partial charge is 0.394 e. The van der Waals surface area contributed by atoms with Crippen LogP contribution in [-0.4, -0.2) is 60.3 Å². The Balaban J connectivity index is 2.51. The highest BCUT2D eigenvalue weighted by atomic mass is 19.3. The molecule has 2 unspecified atom stereocenters. The summed E-state index contributed by atoms with van der Waals surface area (Å²) in [5, 5.41) is 20.9. The van der Waals surface area contributed by atoms with Crippen LogP contribution >= 0.6 is 0 Å². The number of azide groups is 1. The quantitative estimate of drug-likeness (QED) is 0.384. The molecule has 0 aliphatic carbocycles. The predicted molar refractivity (Wildman–Crippen MR) is 71.3 cm³/mol. The molecule has 2 aromatic rings. The van der Waals surface area contributed by atoms with Gasteiger partial charge in [0.2, 0.25) is 0 Å². The lowest BCUT2D eigenvalue weighted by molar-refractivity contribution is -0.0566. The van der Waals surface area contributed by atoms with Crippen LogP contribution in [0.1, 0.15) is 4.79 Å². The number of halogens is 2. The van der Waals surface area contributed by atoms with Crippen LogP contribution in [0.3, 0.4) is 0 Å². The molecule has 2 heterocycles. The number of carbonyl (C=O) groups excluding carboxylic acids is 1. The molecule has 23 heavy (non-hydrogen) atoms. The zero-order chi connectivity index (χ0) is 17.2. The van der Waals surface area contributed by atoms with Gasteiger partial charge in [0.15, 0.2) is 17.0 Å². The molecule has 0 aliphatic heterocycles. The number of nitrogen functional groups attached to an aromatic ring is 1. The van der Waals surface area contributed by atoms with Crippen molar-refractivity contribution >= 4 is 22.9 Å². The van der Waals surface area contributed by atoms with E-state index in [4.69, 9.17) is 16.4 Å². The Morgan fingerprint density at radius 2 is 2.22 bits per heavy atom. The minimum atomic E-state index is -4.33. The van der Waals surface area contributed by atoms with Crippen molar-refractivity contribution in [3.63, 3.8) is 0 Å². The summed E-state index contributed by atoms with van der Waals surface area (Å²) >= 11 is 0. The van der Waals surface area contributed by atoms with Gasteiger partial charge in [-0.3, -0.25) is 4.79 Å². The van der Waals surface area contributed by atoms with Crippen LogP contribution in [-0.2, 0) is 0 Å². The molecule has 2 rings (SSSR count). The molecular weight excluding hydrogens is 318 g/mol. The third kappa shape index (κ3) is 2.75. The fourth-order valence-electron chi connectivity index (χ4n) is 1.84. The zero-order valence-electron chi connectivity index (χ0n) is 11.3. The van der Waals surface area contributed by atoms with Gasteiger partial charge < -0.3 is 15.9 Å². The van der Waals surface area contributed by atoms with Gasteiger partial charge in [0.05, 0.1) is 12.7 Å². The summed E-state index contributed by atoms with van der Waals surface area (Å²) in [4.78, 5) is 25.2. The van der Waals surface area contributed by atoms with Crippen molar-refractivity contribution in [2.75, 3.05) is 12.3 Å². The fourth-order valence-corrected chi connectivity index (χ4v) is 1.84. The van der Waals surface area contributed by atoms with Gasteiger partial charge >= 0.3 is 11.8 Å². The van der Waals surface area contributed by atoms with Gasteiger partial charge in [0, 0.05) is 4.91 Å². The van der Waals surface area contributed by atoms with Crippen molar-refractivity contribution in [3.8, 4) is 0 Å².